The van der Waals surface area contributed by atoms with Crippen LogP contribution in [0.15, 0.2) is 4.99 Å². The van der Waals surface area contributed by atoms with Crippen molar-refractivity contribution < 1.29 is 4.79 Å². The van der Waals surface area contributed by atoms with Crippen LogP contribution in [0, 0.1) is 0 Å². The van der Waals surface area contributed by atoms with Gasteiger partial charge in [-0.25, -0.2) is 9.79 Å². The van der Waals surface area contributed by atoms with Crippen LogP contribution in [0.1, 0.15) is 52.4 Å². The number of nitrogens with zero attached hydrogens (tertiary/aromatic N) is 1. The molecule has 0 atom stereocenters. The number of amides is 2. The van der Waals surface area contributed by atoms with E-state index in [9.17, 15) is 4.79 Å². The van der Waals surface area contributed by atoms with Crippen LogP contribution >= 0.6 is 0 Å². The zero-order valence-corrected chi connectivity index (χ0v) is 9.38. The van der Waals surface area contributed by atoms with Crippen molar-refractivity contribution in [3.05, 3.63) is 0 Å². The molecule has 0 aliphatic heterocycles. The van der Waals surface area contributed by atoms with Gasteiger partial charge in [0.1, 0.15) is 0 Å². The van der Waals surface area contributed by atoms with Gasteiger partial charge in [-0.05, 0) is 13.3 Å². The Hall–Kier alpha value is -0.860. The summed E-state index contributed by atoms with van der Waals surface area (Å²) < 4.78 is 0. The first kappa shape index (κ1) is 13.1. The van der Waals surface area contributed by atoms with Crippen LogP contribution < -0.4 is 5.32 Å². The first-order valence-electron chi connectivity index (χ1n) is 5.57. The predicted octanol–water partition coefficient (Wildman–Crippen LogP) is 3.15. The Kier molecular flexibility index (Phi) is 9.59. The molecule has 3 heteroatoms. The Morgan fingerprint density at radius 2 is 1.86 bits per heavy atom. The van der Waals surface area contributed by atoms with Gasteiger partial charge < -0.3 is 5.32 Å². The summed E-state index contributed by atoms with van der Waals surface area (Å²) in [5.74, 6) is 0. The molecule has 0 heterocycles. The number of unbranched alkanes of at least 4 members (excludes halogenated alkanes) is 5. The van der Waals surface area contributed by atoms with E-state index >= 15 is 0 Å². The standard InChI is InChI=1S/C11H22N2O/c1-3-5-6-7-8-9-10-13-11(14)12-4-2/h4H,3,5-10H2,1-2H3,(H,13,14). The molecule has 0 aliphatic carbocycles. The third-order valence-corrected chi connectivity index (χ3v) is 2.05. The molecule has 1 N–H and O–H groups in total. The van der Waals surface area contributed by atoms with Gasteiger partial charge in [0.25, 0.3) is 0 Å². The minimum Gasteiger partial charge on any atom is -0.336 e. The first-order chi connectivity index (χ1) is 6.81. The molecule has 82 valence electrons. The number of carbonyl (C=O) groups excluding carboxylic acids is 1. The van der Waals surface area contributed by atoms with E-state index in [0.29, 0.717) is 0 Å². The van der Waals surface area contributed by atoms with Gasteiger partial charge in [0.15, 0.2) is 0 Å². The number of urea groups is 1. The SMILES string of the molecule is CC=NC(=O)NCCCCCCCC. The molecular formula is C11H22N2O. The summed E-state index contributed by atoms with van der Waals surface area (Å²) in [6, 6.07) is -0.221. The second-order valence-electron chi connectivity index (χ2n) is 3.39. The van der Waals surface area contributed by atoms with Crippen LogP contribution in [0.5, 0.6) is 0 Å². The monoisotopic (exact) mass is 198 g/mol. The molecule has 0 spiro atoms. The summed E-state index contributed by atoms with van der Waals surface area (Å²) in [6.07, 6.45) is 8.98. The third-order valence-electron chi connectivity index (χ3n) is 2.05. The third kappa shape index (κ3) is 9.23. The molecule has 0 saturated heterocycles. The van der Waals surface area contributed by atoms with E-state index in [1.807, 2.05) is 0 Å². The maximum Gasteiger partial charge on any atom is 0.340 e. The molecule has 0 aliphatic rings. The molecule has 2 amide bonds. The van der Waals surface area contributed by atoms with Gasteiger partial charge >= 0.3 is 6.03 Å². The largest absolute Gasteiger partial charge is 0.340 e. The summed E-state index contributed by atoms with van der Waals surface area (Å²) in [7, 11) is 0. The fourth-order valence-electron chi connectivity index (χ4n) is 1.26. The average molecular weight is 198 g/mol. The lowest BCUT2D eigenvalue weighted by Crippen LogP contribution is -2.20. The topological polar surface area (TPSA) is 41.5 Å². The average Bonchev–Trinajstić information content (AvgIpc) is 2.17. The van der Waals surface area contributed by atoms with Crippen LogP contribution in [0.2, 0.25) is 0 Å². The van der Waals surface area contributed by atoms with Gasteiger partial charge in [-0.1, -0.05) is 39.0 Å². The van der Waals surface area contributed by atoms with Crippen molar-refractivity contribution in [3.63, 3.8) is 0 Å². The highest BCUT2D eigenvalue weighted by Crippen LogP contribution is 2.03. The zero-order valence-electron chi connectivity index (χ0n) is 9.38. The Morgan fingerprint density at radius 1 is 1.21 bits per heavy atom. The number of hydrogen-bond acceptors (Lipinski definition) is 1. The molecule has 0 fully saturated rings. The number of hydrogen-bond donors (Lipinski definition) is 1. The Bertz CT molecular complexity index is 167. The maximum absolute atomic E-state index is 10.9. The van der Waals surface area contributed by atoms with Crippen molar-refractivity contribution in [3.8, 4) is 0 Å². The number of aliphatic imine (C=N–C) groups is 1. The highest BCUT2D eigenvalue weighted by Gasteiger charge is 1.94. The summed E-state index contributed by atoms with van der Waals surface area (Å²) in [6.45, 7) is 4.70. The van der Waals surface area contributed by atoms with Crippen molar-refractivity contribution >= 4 is 12.2 Å². The Balaban J connectivity index is 3.09. The van der Waals surface area contributed by atoms with E-state index in [2.05, 4.69) is 17.2 Å². The predicted molar refractivity (Wildman–Crippen MR) is 60.9 cm³/mol. The summed E-state index contributed by atoms with van der Waals surface area (Å²) >= 11 is 0. The molecule has 14 heavy (non-hydrogen) atoms. The first-order valence-corrected chi connectivity index (χ1v) is 5.57. The highest BCUT2D eigenvalue weighted by atomic mass is 16.2. The Labute approximate surface area is 87.0 Å². The van der Waals surface area contributed by atoms with Gasteiger partial charge in [0.05, 0.1) is 0 Å². The van der Waals surface area contributed by atoms with Gasteiger partial charge in [-0.3, -0.25) is 0 Å². The van der Waals surface area contributed by atoms with Crippen molar-refractivity contribution in [2.45, 2.75) is 52.4 Å². The molecule has 0 bridgehead atoms. The van der Waals surface area contributed by atoms with Crippen molar-refractivity contribution in [1.82, 2.24) is 5.32 Å². The van der Waals surface area contributed by atoms with Gasteiger partial charge in [0.2, 0.25) is 0 Å². The summed E-state index contributed by atoms with van der Waals surface area (Å²) in [5.41, 5.74) is 0. The molecular weight excluding hydrogens is 176 g/mol. The second kappa shape index (κ2) is 10.2. The normalized spacial score (nSPS) is 10.7. The number of nitrogens with one attached hydrogen (secondary N) is 1. The van der Waals surface area contributed by atoms with E-state index in [1.165, 1.54) is 38.3 Å². The fraction of sp³-hybridized carbons (Fsp3) is 0.818. The van der Waals surface area contributed by atoms with Crippen molar-refractivity contribution in [2.24, 2.45) is 4.99 Å². The van der Waals surface area contributed by atoms with Gasteiger partial charge in [0, 0.05) is 12.8 Å². The lowest BCUT2D eigenvalue weighted by Gasteiger charge is -2.01. The van der Waals surface area contributed by atoms with E-state index in [1.54, 1.807) is 6.92 Å². The molecule has 0 aromatic carbocycles. The van der Waals surface area contributed by atoms with Crippen molar-refractivity contribution in [1.29, 1.82) is 0 Å². The smallest absolute Gasteiger partial charge is 0.336 e. The molecule has 0 unspecified atom stereocenters. The quantitative estimate of drug-likeness (QED) is 0.495. The summed E-state index contributed by atoms with van der Waals surface area (Å²) in [4.78, 5) is 14.5. The van der Waals surface area contributed by atoms with E-state index < -0.39 is 0 Å². The minimum atomic E-state index is -0.221. The lowest BCUT2D eigenvalue weighted by atomic mass is 10.1. The summed E-state index contributed by atoms with van der Waals surface area (Å²) in [5, 5.41) is 2.74. The highest BCUT2D eigenvalue weighted by molar-refractivity contribution is 5.82. The lowest BCUT2D eigenvalue weighted by molar-refractivity contribution is 0.249. The minimum absolute atomic E-state index is 0.221. The van der Waals surface area contributed by atoms with Crippen LogP contribution in [-0.4, -0.2) is 18.8 Å². The van der Waals surface area contributed by atoms with Crippen LogP contribution in [0.25, 0.3) is 0 Å². The second-order valence-corrected chi connectivity index (χ2v) is 3.39. The van der Waals surface area contributed by atoms with Crippen LogP contribution in [0.4, 0.5) is 4.79 Å². The molecule has 0 aromatic heterocycles. The van der Waals surface area contributed by atoms with E-state index in [4.69, 9.17) is 0 Å². The fourth-order valence-corrected chi connectivity index (χ4v) is 1.26. The molecule has 0 aromatic rings. The van der Waals surface area contributed by atoms with E-state index in [0.717, 1.165) is 13.0 Å². The number of rotatable bonds is 7. The van der Waals surface area contributed by atoms with Gasteiger partial charge in [-0.2, -0.15) is 0 Å². The molecule has 0 saturated carbocycles. The zero-order chi connectivity index (χ0) is 10.6. The molecule has 0 radical (unpaired) electrons. The van der Waals surface area contributed by atoms with E-state index in [-0.39, 0.29) is 6.03 Å². The van der Waals surface area contributed by atoms with Crippen LogP contribution in [0.3, 0.4) is 0 Å². The van der Waals surface area contributed by atoms with Crippen molar-refractivity contribution in [2.75, 3.05) is 6.54 Å². The molecule has 3 nitrogen and oxygen atoms in total. The molecule has 0 rings (SSSR count). The Morgan fingerprint density at radius 3 is 2.50 bits per heavy atom. The van der Waals surface area contributed by atoms with Gasteiger partial charge in [-0.15, -0.1) is 0 Å². The number of carbonyl (C=O) groups is 1. The van der Waals surface area contributed by atoms with Crippen LogP contribution in [-0.2, 0) is 0 Å². The maximum atomic E-state index is 10.9.